The average Bonchev–Trinajstić information content (AvgIpc) is 2.56. The first-order valence-electron chi connectivity index (χ1n) is 4.84. The van der Waals surface area contributed by atoms with Gasteiger partial charge in [0.05, 0.1) is 13.1 Å². The zero-order chi connectivity index (χ0) is 9.26. The van der Waals surface area contributed by atoms with Crippen LogP contribution in [-0.2, 0) is 13.1 Å². The van der Waals surface area contributed by atoms with E-state index >= 15 is 0 Å². The van der Waals surface area contributed by atoms with Crippen molar-refractivity contribution in [2.24, 2.45) is 0 Å². The molecule has 0 saturated heterocycles. The first-order valence-corrected chi connectivity index (χ1v) is 4.84. The van der Waals surface area contributed by atoms with E-state index in [1.54, 1.807) is 0 Å². The topological polar surface area (TPSA) is 8.81 Å². The monoisotopic (exact) mass is 302 g/mol. The second-order valence-electron chi connectivity index (χ2n) is 3.18. The molecule has 0 fully saturated rings. The second-order valence-corrected chi connectivity index (χ2v) is 3.18. The number of hydrogen-bond donors (Lipinski definition) is 0. The number of rotatable bonds is 2. The van der Waals surface area contributed by atoms with E-state index in [0.717, 1.165) is 13.1 Å². The zero-order valence-corrected chi connectivity index (χ0v) is 10.7. The lowest BCUT2D eigenvalue weighted by Gasteiger charge is -1.88. The first-order chi connectivity index (χ1) is 6.36. The molecule has 0 aliphatic carbocycles. The number of halogens is 1. The Balaban J connectivity index is 0.000000980. The van der Waals surface area contributed by atoms with Crippen LogP contribution >= 0.6 is 0 Å². The highest BCUT2D eigenvalue weighted by Gasteiger charge is 2.11. The van der Waals surface area contributed by atoms with Crippen LogP contribution in [0.3, 0.4) is 0 Å². The molecule has 1 heterocycles. The Hall–Kier alpha value is -0.580. The number of nitrogens with zero attached hydrogens (tertiary/aromatic N) is 2. The van der Waals surface area contributed by atoms with Gasteiger partial charge in [-0.2, -0.15) is 0 Å². The van der Waals surface area contributed by atoms with E-state index in [9.17, 15) is 0 Å². The van der Waals surface area contributed by atoms with Crippen LogP contribution in [-0.4, -0.2) is 4.57 Å². The van der Waals surface area contributed by atoms with Crippen LogP contribution in [0.4, 0.5) is 0 Å². The molecular weight excluding hydrogens is 287 g/mol. The molecule has 0 N–H and O–H groups in total. The highest BCUT2D eigenvalue weighted by molar-refractivity contribution is 5.71. The van der Waals surface area contributed by atoms with Crippen LogP contribution in [0.15, 0.2) is 30.6 Å². The van der Waals surface area contributed by atoms with Gasteiger partial charge in [0.2, 0.25) is 6.33 Å². The van der Waals surface area contributed by atoms with Crippen molar-refractivity contribution in [3.05, 3.63) is 30.6 Å². The molecule has 1 aromatic heterocycles. The largest absolute Gasteiger partial charge is 1.00 e. The van der Waals surface area contributed by atoms with Gasteiger partial charge in [0.1, 0.15) is 0 Å². The fourth-order valence-corrected chi connectivity index (χ4v) is 1.75. The molecule has 14 heavy (non-hydrogen) atoms. The Morgan fingerprint density at radius 1 is 1.21 bits per heavy atom. The predicted octanol–water partition coefficient (Wildman–Crippen LogP) is -1.03. The van der Waals surface area contributed by atoms with Gasteiger partial charge in [-0.1, -0.05) is 12.1 Å². The summed E-state index contributed by atoms with van der Waals surface area (Å²) in [6.07, 6.45) is 2.19. The van der Waals surface area contributed by atoms with E-state index in [1.807, 2.05) is 0 Å². The Labute approximate surface area is 102 Å². The molecule has 3 heteroatoms. The van der Waals surface area contributed by atoms with Crippen LogP contribution in [0.5, 0.6) is 0 Å². The normalized spacial score (nSPS) is 10.1. The van der Waals surface area contributed by atoms with Gasteiger partial charge in [-0.3, -0.25) is 0 Å². The van der Waals surface area contributed by atoms with Crippen molar-refractivity contribution in [2.45, 2.75) is 26.9 Å². The SMILES string of the molecule is CCn1c[n+](CC)c2ccccc21.[I-]. The van der Waals surface area contributed by atoms with Gasteiger partial charge < -0.3 is 24.0 Å². The van der Waals surface area contributed by atoms with Gasteiger partial charge in [-0.25, -0.2) is 9.13 Å². The summed E-state index contributed by atoms with van der Waals surface area (Å²) in [4.78, 5) is 0. The molecule has 1 aromatic carbocycles. The summed E-state index contributed by atoms with van der Waals surface area (Å²) >= 11 is 0. The lowest BCUT2D eigenvalue weighted by atomic mass is 10.3. The molecule has 0 amide bonds. The second kappa shape index (κ2) is 4.77. The summed E-state index contributed by atoms with van der Waals surface area (Å²) in [5, 5.41) is 0. The highest BCUT2D eigenvalue weighted by Crippen LogP contribution is 2.09. The maximum Gasteiger partial charge on any atom is 0.244 e. The summed E-state index contributed by atoms with van der Waals surface area (Å²) < 4.78 is 4.55. The van der Waals surface area contributed by atoms with Crippen molar-refractivity contribution in [2.75, 3.05) is 0 Å². The van der Waals surface area contributed by atoms with Crippen LogP contribution in [0.25, 0.3) is 11.0 Å². The number of fused-ring (bicyclic) bond motifs is 1. The van der Waals surface area contributed by atoms with E-state index in [-0.39, 0.29) is 24.0 Å². The van der Waals surface area contributed by atoms with Crippen molar-refractivity contribution >= 4 is 11.0 Å². The molecule has 2 aromatic rings. The third-order valence-electron chi connectivity index (χ3n) is 2.46. The fraction of sp³-hybridized carbons (Fsp3) is 0.364. The first kappa shape index (κ1) is 11.5. The maximum absolute atomic E-state index is 2.28. The lowest BCUT2D eigenvalue weighted by Crippen LogP contribution is -3.00. The molecule has 0 unspecified atom stereocenters. The molecular formula is C11H15IN2. The summed E-state index contributed by atoms with van der Waals surface area (Å²) in [5.74, 6) is 0. The summed E-state index contributed by atoms with van der Waals surface area (Å²) in [7, 11) is 0. The van der Waals surface area contributed by atoms with E-state index in [1.165, 1.54) is 11.0 Å². The smallest absolute Gasteiger partial charge is 0.244 e. The van der Waals surface area contributed by atoms with Crippen LogP contribution in [0.2, 0.25) is 0 Å². The third kappa shape index (κ3) is 1.78. The van der Waals surface area contributed by atoms with E-state index in [0.29, 0.717) is 0 Å². The molecule has 2 rings (SSSR count). The minimum absolute atomic E-state index is 0. The Kier molecular flexibility index (Phi) is 3.92. The van der Waals surface area contributed by atoms with Gasteiger partial charge in [0.25, 0.3) is 0 Å². The zero-order valence-electron chi connectivity index (χ0n) is 8.57. The van der Waals surface area contributed by atoms with Crippen molar-refractivity contribution in [1.82, 2.24) is 4.57 Å². The van der Waals surface area contributed by atoms with Crippen LogP contribution in [0.1, 0.15) is 13.8 Å². The van der Waals surface area contributed by atoms with Crippen molar-refractivity contribution < 1.29 is 28.5 Å². The molecule has 76 valence electrons. The fourth-order valence-electron chi connectivity index (χ4n) is 1.75. The number of aromatic nitrogens is 2. The summed E-state index contributed by atoms with van der Waals surface area (Å²) in [6, 6.07) is 8.53. The van der Waals surface area contributed by atoms with Crippen LogP contribution < -0.4 is 28.5 Å². The minimum atomic E-state index is 0. The van der Waals surface area contributed by atoms with Crippen molar-refractivity contribution in [3.8, 4) is 0 Å². The molecule has 2 nitrogen and oxygen atoms in total. The van der Waals surface area contributed by atoms with Crippen molar-refractivity contribution in [3.63, 3.8) is 0 Å². The summed E-state index contributed by atoms with van der Waals surface area (Å²) in [6.45, 7) is 6.42. The summed E-state index contributed by atoms with van der Waals surface area (Å²) in [5.41, 5.74) is 2.65. The van der Waals surface area contributed by atoms with Crippen LogP contribution in [0, 0.1) is 0 Å². The number of imidazole rings is 1. The van der Waals surface area contributed by atoms with Gasteiger partial charge in [-0.15, -0.1) is 0 Å². The van der Waals surface area contributed by atoms with Gasteiger partial charge in [0, 0.05) is 0 Å². The number of benzene rings is 1. The third-order valence-corrected chi connectivity index (χ3v) is 2.46. The molecule has 0 aliphatic heterocycles. The maximum atomic E-state index is 2.28. The Bertz CT molecular complexity index is 382. The van der Waals surface area contributed by atoms with E-state index < -0.39 is 0 Å². The van der Waals surface area contributed by atoms with Gasteiger partial charge in [-0.05, 0) is 26.0 Å². The van der Waals surface area contributed by atoms with E-state index in [4.69, 9.17) is 0 Å². The predicted molar refractivity (Wildman–Crippen MR) is 53.5 cm³/mol. The molecule has 0 saturated carbocycles. The molecule has 0 spiro atoms. The molecule has 0 atom stereocenters. The average molecular weight is 302 g/mol. The quantitative estimate of drug-likeness (QED) is 0.496. The highest BCUT2D eigenvalue weighted by atomic mass is 127. The minimum Gasteiger partial charge on any atom is -1.00 e. The number of hydrogen-bond acceptors (Lipinski definition) is 0. The van der Waals surface area contributed by atoms with Crippen molar-refractivity contribution in [1.29, 1.82) is 0 Å². The Morgan fingerprint density at radius 3 is 2.57 bits per heavy atom. The number of aryl methyl sites for hydroxylation is 2. The van der Waals surface area contributed by atoms with E-state index in [2.05, 4.69) is 53.6 Å². The lowest BCUT2D eigenvalue weighted by molar-refractivity contribution is -0.668. The molecule has 0 radical (unpaired) electrons. The van der Waals surface area contributed by atoms with Gasteiger partial charge >= 0.3 is 0 Å². The number of para-hydroxylation sites is 2. The Morgan fingerprint density at radius 2 is 1.93 bits per heavy atom. The van der Waals surface area contributed by atoms with Gasteiger partial charge in [0.15, 0.2) is 11.0 Å². The standard InChI is InChI=1S/C11H15N2.HI/c1-3-12-9-13(4-2)11-8-6-5-7-10(11)12;/h5-9H,3-4H2,1-2H3;1H/q+1;/p-1. The molecule has 0 bridgehead atoms. The molecule has 0 aliphatic rings.